The van der Waals surface area contributed by atoms with Crippen molar-refractivity contribution in [1.29, 1.82) is 0 Å². The highest BCUT2D eigenvalue weighted by Gasteiger charge is 2.33. The van der Waals surface area contributed by atoms with Crippen LogP contribution in [-0.4, -0.2) is 86.5 Å². The molecule has 0 radical (unpaired) electrons. The van der Waals surface area contributed by atoms with Crippen LogP contribution in [0, 0.1) is 5.82 Å². The van der Waals surface area contributed by atoms with Crippen molar-refractivity contribution in [1.82, 2.24) is 14.7 Å². The summed E-state index contributed by atoms with van der Waals surface area (Å²) in [5, 5.41) is 2.73. The molecule has 0 saturated carbocycles. The van der Waals surface area contributed by atoms with Gasteiger partial charge in [-0.25, -0.2) is 4.39 Å². The number of anilines is 1. The first-order valence-corrected chi connectivity index (χ1v) is 12.0. The van der Waals surface area contributed by atoms with Gasteiger partial charge in [0.15, 0.2) is 0 Å². The molecule has 1 N–H and O–H groups in total. The van der Waals surface area contributed by atoms with Gasteiger partial charge in [-0.3, -0.25) is 19.4 Å². The Hall–Kier alpha value is -3.17. The Morgan fingerprint density at radius 1 is 0.971 bits per heavy atom. The van der Waals surface area contributed by atoms with Crippen LogP contribution in [0.15, 0.2) is 42.5 Å². The number of halogens is 1. The summed E-state index contributed by atoms with van der Waals surface area (Å²) in [7, 11) is 3.28. The fourth-order valence-electron chi connectivity index (χ4n) is 4.85. The molecule has 2 aliphatic heterocycles. The van der Waals surface area contributed by atoms with Gasteiger partial charge in [0.05, 0.1) is 33.4 Å². The third-order valence-corrected chi connectivity index (χ3v) is 6.67. The molecule has 2 aromatic rings. The molecule has 0 unspecified atom stereocenters. The van der Waals surface area contributed by atoms with Crippen molar-refractivity contribution in [3.8, 4) is 11.5 Å². The fourth-order valence-corrected chi connectivity index (χ4v) is 4.85. The van der Waals surface area contributed by atoms with Crippen molar-refractivity contribution < 1.29 is 23.5 Å². The number of hydrogen-bond acceptors (Lipinski definition) is 6. The lowest BCUT2D eigenvalue weighted by Crippen LogP contribution is -2.51. The maximum Gasteiger partial charge on any atom is 0.238 e. The number of ether oxygens (including phenoxy) is 2. The molecule has 2 heterocycles. The number of methoxy groups -OCH3 is 2. The molecule has 0 aromatic heterocycles. The van der Waals surface area contributed by atoms with Gasteiger partial charge < -0.3 is 19.7 Å². The highest BCUT2D eigenvalue weighted by atomic mass is 19.1. The van der Waals surface area contributed by atoms with Crippen LogP contribution >= 0.6 is 0 Å². The standard InChI is InChI=1S/C26H33FN4O4/c1-34-21-8-9-24(35-2)22(16-21)23-7-4-10-31(23)26(33)18-30-13-11-29(12-14-30)17-25(32)28-20-6-3-5-19(27)15-20/h3,5-6,8-9,15-16,23H,4,7,10-14,17-18H2,1-2H3,(H,28,32)/t23-/m0/s1. The molecule has 0 bridgehead atoms. The van der Waals surface area contributed by atoms with E-state index in [1.54, 1.807) is 26.4 Å². The number of carbonyl (C=O) groups excluding carboxylic acids is 2. The summed E-state index contributed by atoms with van der Waals surface area (Å²) in [5.74, 6) is 1.06. The van der Waals surface area contributed by atoms with E-state index in [0.29, 0.717) is 38.4 Å². The molecule has 2 fully saturated rings. The minimum Gasteiger partial charge on any atom is -0.497 e. The van der Waals surface area contributed by atoms with Crippen LogP contribution < -0.4 is 14.8 Å². The number of likely N-dealkylation sites (tertiary alicyclic amines) is 1. The van der Waals surface area contributed by atoms with Gasteiger partial charge in [-0.15, -0.1) is 0 Å². The van der Waals surface area contributed by atoms with E-state index in [1.807, 2.05) is 23.1 Å². The first-order chi connectivity index (χ1) is 17.0. The van der Waals surface area contributed by atoms with Crippen LogP contribution in [0.1, 0.15) is 24.4 Å². The number of nitrogens with one attached hydrogen (secondary N) is 1. The van der Waals surface area contributed by atoms with Gasteiger partial charge in [0.1, 0.15) is 17.3 Å². The Bertz CT molecular complexity index is 1040. The molecule has 9 heteroatoms. The Labute approximate surface area is 205 Å². The number of rotatable bonds is 8. The van der Waals surface area contributed by atoms with Crippen LogP contribution in [0.5, 0.6) is 11.5 Å². The second-order valence-electron chi connectivity index (χ2n) is 8.96. The third kappa shape index (κ3) is 6.29. The van der Waals surface area contributed by atoms with Crippen LogP contribution in [0.2, 0.25) is 0 Å². The van der Waals surface area contributed by atoms with Gasteiger partial charge in [0, 0.05) is 44.0 Å². The molecule has 1 atom stereocenters. The number of amides is 2. The monoisotopic (exact) mass is 484 g/mol. The van der Waals surface area contributed by atoms with Crippen LogP contribution in [0.4, 0.5) is 10.1 Å². The molecule has 2 saturated heterocycles. The van der Waals surface area contributed by atoms with E-state index < -0.39 is 0 Å². The second kappa shape index (κ2) is 11.5. The number of benzene rings is 2. The highest BCUT2D eigenvalue weighted by molar-refractivity contribution is 5.92. The normalized spacial score (nSPS) is 18.9. The van der Waals surface area contributed by atoms with E-state index in [4.69, 9.17) is 9.47 Å². The van der Waals surface area contributed by atoms with E-state index >= 15 is 0 Å². The second-order valence-corrected chi connectivity index (χ2v) is 8.96. The Kier molecular flexibility index (Phi) is 8.20. The SMILES string of the molecule is COc1ccc(OC)c([C@@H]2CCCN2C(=O)CN2CCN(CC(=O)Nc3cccc(F)c3)CC2)c1. The number of piperazine rings is 1. The molecular formula is C26H33FN4O4. The Balaban J connectivity index is 1.28. The molecule has 8 nitrogen and oxygen atoms in total. The fraction of sp³-hybridized carbons (Fsp3) is 0.462. The van der Waals surface area contributed by atoms with Gasteiger partial charge >= 0.3 is 0 Å². The smallest absolute Gasteiger partial charge is 0.238 e. The summed E-state index contributed by atoms with van der Waals surface area (Å²) in [6.45, 7) is 4.12. The predicted molar refractivity (Wildman–Crippen MR) is 131 cm³/mol. The summed E-state index contributed by atoms with van der Waals surface area (Å²) >= 11 is 0. The quantitative estimate of drug-likeness (QED) is 0.621. The minimum atomic E-state index is -0.383. The van der Waals surface area contributed by atoms with E-state index in [9.17, 15) is 14.0 Å². The lowest BCUT2D eigenvalue weighted by atomic mass is 10.0. The van der Waals surface area contributed by atoms with E-state index in [1.165, 1.54) is 12.1 Å². The maximum absolute atomic E-state index is 13.3. The molecule has 0 aliphatic carbocycles. The largest absolute Gasteiger partial charge is 0.497 e. The highest BCUT2D eigenvalue weighted by Crippen LogP contribution is 2.39. The summed E-state index contributed by atoms with van der Waals surface area (Å²) in [6, 6.07) is 11.6. The van der Waals surface area contributed by atoms with Gasteiger partial charge in [-0.2, -0.15) is 0 Å². The van der Waals surface area contributed by atoms with Gasteiger partial charge in [-0.1, -0.05) is 6.07 Å². The van der Waals surface area contributed by atoms with Crippen LogP contribution in [-0.2, 0) is 9.59 Å². The molecule has 0 spiro atoms. The maximum atomic E-state index is 13.3. The minimum absolute atomic E-state index is 0.0274. The van der Waals surface area contributed by atoms with Crippen molar-refractivity contribution in [2.45, 2.75) is 18.9 Å². The summed E-state index contributed by atoms with van der Waals surface area (Å²) in [4.78, 5) is 31.7. The van der Waals surface area contributed by atoms with Crippen molar-refractivity contribution in [3.05, 3.63) is 53.8 Å². The van der Waals surface area contributed by atoms with Crippen molar-refractivity contribution in [3.63, 3.8) is 0 Å². The number of carbonyl (C=O) groups is 2. The molecule has 4 rings (SSSR count). The lowest BCUT2D eigenvalue weighted by Gasteiger charge is -2.35. The molecule has 35 heavy (non-hydrogen) atoms. The molecule has 2 aliphatic rings. The zero-order chi connectivity index (χ0) is 24.8. The molecular weight excluding hydrogens is 451 g/mol. The summed E-state index contributed by atoms with van der Waals surface area (Å²) in [5.41, 5.74) is 1.43. The Morgan fingerprint density at radius 2 is 1.71 bits per heavy atom. The number of hydrogen-bond donors (Lipinski definition) is 1. The van der Waals surface area contributed by atoms with Gasteiger partial charge in [0.2, 0.25) is 11.8 Å². The zero-order valence-corrected chi connectivity index (χ0v) is 20.3. The first-order valence-electron chi connectivity index (χ1n) is 12.0. The van der Waals surface area contributed by atoms with E-state index in [2.05, 4.69) is 15.1 Å². The van der Waals surface area contributed by atoms with Gasteiger partial charge in [0.25, 0.3) is 0 Å². The van der Waals surface area contributed by atoms with E-state index in [0.717, 1.165) is 36.4 Å². The van der Waals surface area contributed by atoms with Crippen molar-refractivity contribution >= 4 is 17.5 Å². The van der Waals surface area contributed by atoms with Gasteiger partial charge in [-0.05, 0) is 49.2 Å². The average molecular weight is 485 g/mol. The third-order valence-electron chi connectivity index (χ3n) is 6.67. The molecule has 2 amide bonds. The molecule has 2 aromatic carbocycles. The number of nitrogens with zero attached hydrogens (tertiary/aromatic N) is 3. The van der Waals surface area contributed by atoms with Crippen LogP contribution in [0.25, 0.3) is 0 Å². The summed E-state index contributed by atoms with van der Waals surface area (Å²) < 4.78 is 24.3. The topological polar surface area (TPSA) is 74.4 Å². The predicted octanol–water partition coefficient (Wildman–Crippen LogP) is 2.76. The van der Waals surface area contributed by atoms with E-state index in [-0.39, 0.29) is 30.2 Å². The summed E-state index contributed by atoms with van der Waals surface area (Å²) in [6.07, 6.45) is 1.84. The van der Waals surface area contributed by atoms with Crippen molar-refractivity contribution in [2.75, 3.05) is 65.3 Å². The first kappa shape index (κ1) is 24.9. The molecule has 188 valence electrons. The van der Waals surface area contributed by atoms with Crippen molar-refractivity contribution in [2.24, 2.45) is 0 Å². The van der Waals surface area contributed by atoms with Crippen LogP contribution in [0.3, 0.4) is 0 Å². The zero-order valence-electron chi connectivity index (χ0n) is 20.3. The average Bonchev–Trinajstić information content (AvgIpc) is 3.35. The Morgan fingerprint density at radius 3 is 2.40 bits per heavy atom. The lowest BCUT2D eigenvalue weighted by molar-refractivity contribution is -0.134.